The highest BCUT2D eigenvalue weighted by atomic mass is 32.1. The molecule has 0 saturated carbocycles. The van der Waals surface area contributed by atoms with E-state index in [1.54, 1.807) is 0 Å². The van der Waals surface area contributed by atoms with Crippen LogP contribution in [0.25, 0.3) is 10.8 Å². The smallest absolute Gasteiger partial charge is 0.261 e. The van der Waals surface area contributed by atoms with Crippen molar-refractivity contribution in [3.8, 4) is 5.75 Å². The highest BCUT2D eigenvalue weighted by Crippen LogP contribution is 2.20. The molecule has 3 rings (SSSR count). The molecule has 0 saturated heterocycles. The monoisotopic (exact) mass is 297 g/mol. The summed E-state index contributed by atoms with van der Waals surface area (Å²) in [5.74, 6) is 0.770. The van der Waals surface area contributed by atoms with Gasteiger partial charge in [-0.15, -0.1) is 11.3 Å². The van der Waals surface area contributed by atoms with Gasteiger partial charge in [0.05, 0.1) is 11.4 Å². The minimum Gasteiger partial charge on any atom is -0.492 e. The van der Waals surface area contributed by atoms with Crippen molar-refractivity contribution in [2.45, 2.75) is 0 Å². The van der Waals surface area contributed by atoms with Crippen molar-refractivity contribution in [1.29, 1.82) is 0 Å². The number of carbonyl (C=O) groups excluding carboxylic acids is 1. The average Bonchev–Trinajstić information content (AvgIpc) is 3.06. The molecule has 0 radical (unpaired) electrons. The molecule has 0 spiro atoms. The fourth-order valence-corrected chi connectivity index (χ4v) is 2.73. The van der Waals surface area contributed by atoms with Crippen LogP contribution >= 0.6 is 11.3 Å². The molecule has 21 heavy (non-hydrogen) atoms. The van der Waals surface area contributed by atoms with Gasteiger partial charge in [0.25, 0.3) is 5.91 Å². The number of thiophene rings is 1. The Hall–Kier alpha value is -2.33. The van der Waals surface area contributed by atoms with Crippen LogP contribution in [0, 0.1) is 0 Å². The number of hydrogen-bond donors (Lipinski definition) is 1. The number of benzene rings is 2. The minimum atomic E-state index is -0.0490. The quantitative estimate of drug-likeness (QED) is 0.729. The first-order chi connectivity index (χ1) is 10.3. The van der Waals surface area contributed by atoms with Gasteiger partial charge in [-0.05, 0) is 34.4 Å². The second kappa shape index (κ2) is 6.41. The fourth-order valence-electron chi connectivity index (χ4n) is 2.09. The van der Waals surface area contributed by atoms with Gasteiger partial charge < -0.3 is 10.1 Å². The number of rotatable bonds is 5. The van der Waals surface area contributed by atoms with Crippen LogP contribution in [0.1, 0.15) is 9.67 Å². The predicted molar refractivity (Wildman–Crippen MR) is 86.1 cm³/mol. The van der Waals surface area contributed by atoms with Gasteiger partial charge >= 0.3 is 0 Å². The lowest BCUT2D eigenvalue weighted by atomic mass is 10.1. The third-order valence-electron chi connectivity index (χ3n) is 3.12. The zero-order valence-electron chi connectivity index (χ0n) is 11.4. The predicted octanol–water partition coefficient (Wildman–Crippen LogP) is 3.71. The van der Waals surface area contributed by atoms with Gasteiger partial charge in [0, 0.05) is 0 Å². The van der Waals surface area contributed by atoms with Crippen molar-refractivity contribution in [3.63, 3.8) is 0 Å². The number of nitrogens with one attached hydrogen (secondary N) is 1. The topological polar surface area (TPSA) is 38.3 Å². The van der Waals surface area contributed by atoms with Crippen LogP contribution in [0.5, 0.6) is 5.75 Å². The number of carbonyl (C=O) groups is 1. The Morgan fingerprint density at radius 2 is 1.90 bits per heavy atom. The van der Waals surface area contributed by atoms with Crippen LogP contribution in [0.2, 0.25) is 0 Å². The molecule has 106 valence electrons. The second-order valence-corrected chi connectivity index (χ2v) is 5.54. The third-order valence-corrected chi connectivity index (χ3v) is 3.99. The van der Waals surface area contributed by atoms with Gasteiger partial charge in [0.15, 0.2) is 0 Å². The lowest BCUT2D eigenvalue weighted by Crippen LogP contribution is -2.27. The zero-order chi connectivity index (χ0) is 14.5. The first kappa shape index (κ1) is 13.6. The van der Waals surface area contributed by atoms with E-state index in [1.807, 2.05) is 47.8 Å². The van der Waals surface area contributed by atoms with Crippen molar-refractivity contribution in [2.75, 3.05) is 13.2 Å². The molecule has 0 aliphatic rings. The fraction of sp³-hybridized carbons (Fsp3) is 0.118. The van der Waals surface area contributed by atoms with Gasteiger partial charge in [0.1, 0.15) is 12.4 Å². The van der Waals surface area contributed by atoms with Crippen molar-refractivity contribution >= 4 is 28.0 Å². The molecule has 3 aromatic rings. The number of fused-ring (bicyclic) bond motifs is 1. The Morgan fingerprint density at radius 3 is 2.71 bits per heavy atom. The summed E-state index contributed by atoms with van der Waals surface area (Å²) in [5, 5.41) is 7.07. The van der Waals surface area contributed by atoms with E-state index < -0.39 is 0 Å². The van der Waals surface area contributed by atoms with E-state index >= 15 is 0 Å². The van der Waals surface area contributed by atoms with E-state index in [-0.39, 0.29) is 5.91 Å². The molecule has 1 aromatic heterocycles. The maximum Gasteiger partial charge on any atom is 0.261 e. The van der Waals surface area contributed by atoms with E-state index in [4.69, 9.17) is 4.74 Å². The maximum absolute atomic E-state index is 11.7. The number of ether oxygens (including phenoxy) is 1. The van der Waals surface area contributed by atoms with E-state index in [9.17, 15) is 4.79 Å². The normalized spacial score (nSPS) is 10.5. The molecule has 1 heterocycles. The van der Waals surface area contributed by atoms with Crippen LogP contribution in [-0.2, 0) is 0 Å². The Labute approximate surface area is 127 Å². The zero-order valence-corrected chi connectivity index (χ0v) is 12.2. The van der Waals surface area contributed by atoms with Gasteiger partial charge in [0.2, 0.25) is 0 Å². The molecule has 0 aliphatic carbocycles. The molecule has 0 unspecified atom stereocenters. The van der Waals surface area contributed by atoms with Crippen LogP contribution in [0.3, 0.4) is 0 Å². The standard InChI is InChI=1S/C17H15NO2S/c19-17(16-6-3-11-21-16)18-9-10-20-15-8-7-13-4-1-2-5-14(13)12-15/h1-8,11-12H,9-10H2,(H,18,19). The highest BCUT2D eigenvalue weighted by molar-refractivity contribution is 7.12. The maximum atomic E-state index is 11.7. The molecular formula is C17H15NO2S. The SMILES string of the molecule is O=C(NCCOc1ccc2ccccc2c1)c1cccs1. The first-order valence-corrected chi connectivity index (χ1v) is 7.64. The Kier molecular flexibility index (Phi) is 4.17. The Bertz CT molecular complexity index is 737. The van der Waals surface area contributed by atoms with Crippen molar-refractivity contribution in [1.82, 2.24) is 5.32 Å². The lowest BCUT2D eigenvalue weighted by Gasteiger charge is -2.08. The largest absolute Gasteiger partial charge is 0.492 e. The molecule has 0 bridgehead atoms. The van der Waals surface area contributed by atoms with Gasteiger partial charge in [-0.1, -0.05) is 36.4 Å². The summed E-state index contributed by atoms with van der Waals surface area (Å²) in [6.07, 6.45) is 0. The summed E-state index contributed by atoms with van der Waals surface area (Å²) in [6, 6.07) is 17.8. The van der Waals surface area contributed by atoms with E-state index in [0.29, 0.717) is 13.2 Å². The Balaban J connectivity index is 1.51. The van der Waals surface area contributed by atoms with Gasteiger partial charge in [-0.25, -0.2) is 0 Å². The van der Waals surface area contributed by atoms with E-state index in [0.717, 1.165) is 16.0 Å². The third kappa shape index (κ3) is 3.41. The summed E-state index contributed by atoms with van der Waals surface area (Å²) in [7, 11) is 0. The second-order valence-electron chi connectivity index (χ2n) is 4.59. The van der Waals surface area contributed by atoms with E-state index in [1.165, 1.54) is 16.7 Å². The molecular weight excluding hydrogens is 282 g/mol. The van der Waals surface area contributed by atoms with Crippen molar-refractivity contribution in [3.05, 3.63) is 64.9 Å². The molecule has 2 aromatic carbocycles. The van der Waals surface area contributed by atoms with Crippen molar-refractivity contribution < 1.29 is 9.53 Å². The summed E-state index contributed by atoms with van der Waals surface area (Å²) >= 11 is 1.43. The first-order valence-electron chi connectivity index (χ1n) is 6.76. The minimum absolute atomic E-state index is 0.0490. The van der Waals surface area contributed by atoms with Crippen molar-refractivity contribution in [2.24, 2.45) is 0 Å². The number of hydrogen-bond acceptors (Lipinski definition) is 3. The molecule has 4 heteroatoms. The molecule has 3 nitrogen and oxygen atoms in total. The average molecular weight is 297 g/mol. The summed E-state index contributed by atoms with van der Waals surface area (Å²) in [6.45, 7) is 0.943. The van der Waals surface area contributed by atoms with Crippen LogP contribution in [0.15, 0.2) is 60.0 Å². The molecule has 1 amide bonds. The Morgan fingerprint density at radius 1 is 1.05 bits per heavy atom. The van der Waals surface area contributed by atoms with Gasteiger partial charge in [-0.2, -0.15) is 0 Å². The number of amides is 1. The van der Waals surface area contributed by atoms with Crippen LogP contribution < -0.4 is 10.1 Å². The molecule has 0 aliphatic heterocycles. The summed E-state index contributed by atoms with van der Waals surface area (Å²) in [5.41, 5.74) is 0. The molecule has 1 N–H and O–H groups in total. The molecule has 0 atom stereocenters. The van der Waals surface area contributed by atoms with Crippen LogP contribution in [-0.4, -0.2) is 19.1 Å². The summed E-state index contributed by atoms with van der Waals surface area (Å²) < 4.78 is 5.67. The molecule has 0 fully saturated rings. The highest BCUT2D eigenvalue weighted by Gasteiger charge is 2.05. The summed E-state index contributed by atoms with van der Waals surface area (Å²) in [4.78, 5) is 12.5. The van der Waals surface area contributed by atoms with Gasteiger partial charge in [-0.3, -0.25) is 4.79 Å². The van der Waals surface area contributed by atoms with Crippen LogP contribution in [0.4, 0.5) is 0 Å². The lowest BCUT2D eigenvalue weighted by molar-refractivity contribution is 0.0951. The van der Waals surface area contributed by atoms with E-state index in [2.05, 4.69) is 17.4 Å².